The van der Waals surface area contributed by atoms with Gasteiger partial charge >= 0.3 is 5.97 Å². The molecule has 0 aliphatic heterocycles. The Hall–Kier alpha value is -2.76. The molecule has 4 nitrogen and oxygen atoms in total. The number of aromatic carboxylic acids is 1. The lowest BCUT2D eigenvalue weighted by Gasteiger charge is -2.23. The van der Waals surface area contributed by atoms with Crippen LogP contribution in [0, 0.1) is 17.6 Å². The number of halogens is 2. The van der Waals surface area contributed by atoms with Crippen molar-refractivity contribution in [2.45, 2.75) is 26.3 Å². The van der Waals surface area contributed by atoms with Gasteiger partial charge in [-0.2, -0.15) is 0 Å². The Labute approximate surface area is 144 Å². The van der Waals surface area contributed by atoms with Crippen LogP contribution >= 0.6 is 0 Å². The van der Waals surface area contributed by atoms with Crippen LogP contribution in [0.4, 0.5) is 8.78 Å². The molecule has 1 atom stereocenters. The molecule has 132 valence electrons. The fourth-order valence-electron chi connectivity index (χ4n) is 2.64. The number of carboxylic acids is 1. The lowest BCUT2D eigenvalue weighted by molar-refractivity contribution is -0.121. The molecule has 0 spiro atoms. The van der Waals surface area contributed by atoms with E-state index in [1.165, 1.54) is 12.1 Å². The van der Waals surface area contributed by atoms with Crippen molar-refractivity contribution in [3.63, 3.8) is 0 Å². The first kappa shape index (κ1) is 18.6. The molecule has 2 rings (SSSR count). The van der Waals surface area contributed by atoms with E-state index in [0.29, 0.717) is 5.56 Å². The van der Waals surface area contributed by atoms with Gasteiger partial charge in [0.05, 0.1) is 18.0 Å². The third-order valence-electron chi connectivity index (χ3n) is 3.88. The summed E-state index contributed by atoms with van der Waals surface area (Å²) in [6.45, 7) is 3.61. The van der Waals surface area contributed by atoms with Gasteiger partial charge in [-0.15, -0.1) is 0 Å². The number of nitrogens with one attached hydrogen (secondary N) is 1. The number of carbonyl (C=O) groups is 2. The van der Waals surface area contributed by atoms with Crippen LogP contribution in [0.5, 0.6) is 0 Å². The van der Waals surface area contributed by atoms with Crippen molar-refractivity contribution in [3.05, 3.63) is 70.8 Å². The second-order valence-electron chi connectivity index (χ2n) is 6.09. The fraction of sp³-hybridized carbons (Fsp3) is 0.263. The third kappa shape index (κ3) is 4.62. The second kappa shape index (κ2) is 7.88. The summed E-state index contributed by atoms with van der Waals surface area (Å²) in [7, 11) is 0. The Kier molecular flexibility index (Phi) is 5.85. The standard InChI is InChI=1S/C19H19F2NO3/c1-11(2)18(15-8-7-13(20)10-16(15)21)22-17(23)9-12-5-3-4-6-14(12)19(24)25/h3-8,10-11,18H,9H2,1-2H3,(H,22,23)(H,24,25). The third-order valence-corrected chi connectivity index (χ3v) is 3.88. The van der Waals surface area contributed by atoms with Crippen LogP contribution < -0.4 is 5.32 Å². The number of rotatable bonds is 6. The van der Waals surface area contributed by atoms with Gasteiger partial charge in [-0.25, -0.2) is 13.6 Å². The fourth-order valence-corrected chi connectivity index (χ4v) is 2.64. The maximum Gasteiger partial charge on any atom is 0.335 e. The highest BCUT2D eigenvalue weighted by Crippen LogP contribution is 2.25. The Balaban J connectivity index is 2.20. The zero-order chi connectivity index (χ0) is 18.6. The molecule has 6 heteroatoms. The minimum atomic E-state index is -1.12. The smallest absolute Gasteiger partial charge is 0.335 e. The van der Waals surface area contributed by atoms with Crippen LogP contribution in [-0.4, -0.2) is 17.0 Å². The number of carbonyl (C=O) groups excluding carboxylic acids is 1. The minimum absolute atomic E-state index is 0.0479. The molecule has 0 aliphatic rings. The zero-order valence-corrected chi connectivity index (χ0v) is 13.9. The molecule has 25 heavy (non-hydrogen) atoms. The van der Waals surface area contributed by atoms with Crippen LogP contribution in [0.15, 0.2) is 42.5 Å². The minimum Gasteiger partial charge on any atom is -0.478 e. The van der Waals surface area contributed by atoms with Crippen LogP contribution in [0.1, 0.15) is 41.4 Å². The second-order valence-corrected chi connectivity index (χ2v) is 6.09. The van der Waals surface area contributed by atoms with E-state index in [1.54, 1.807) is 32.0 Å². The average molecular weight is 347 g/mol. The summed E-state index contributed by atoms with van der Waals surface area (Å²) in [5.74, 6) is -3.11. The predicted molar refractivity (Wildman–Crippen MR) is 89.2 cm³/mol. The van der Waals surface area contributed by atoms with Crippen molar-refractivity contribution in [1.29, 1.82) is 0 Å². The summed E-state index contributed by atoms with van der Waals surface area (Å²) in [5.41, 5.74) is 0.609. The van der Waals surface area contributed by atoms with E-state index in [2.05, 4.69) is 5.32 Å². The first-order valence-corrected chi connectivity index (χ1v) is 7.85. The molecule has 1 amide bonds. The summed E-state index contributed by atoms with van der Waals surface area (Å²) in [6, 6.07) is 8.78. The van der Waals surface area contributed by atoms with Crippen LogP contribution in [0.2, 0.25) is 0 Å². The zero-order valence-electron chi connectivity index (χ0n) is 13.9. The van der Waals surface area contributed by atoms with Gasteiger partial charge in [0.25, 0.3) is 0 Å². The molecule has 0 aliphatic carbocycles. The van der Waals surface area contributed by atoms with E-state index in [-0.39, 0.29) is 23.5 Å². The number of amides is 1. The molecule has 0 saturated carbocycles. The number of hydrogen-bond donors (Lipinski definition) is 2. The van der Waals surface area contributed by atoms with Gasteiger partial charge in [0.15, 0.2) is 0 Å². The van der Waals surface area contributed by atoms with Gasteiger partial charge in [-0.05, 0) is 23.6 Å². The number of carboxylic acid groups (broad SMARTS) is 1. The van der Waals surface area contributed by atoms with Crippen LogP contribution in [0.3, 0.4) is 0 Å². The van der Waals surface area contributed by atoms with Crippen LogP contribution in [0.25, 0.3) is 0 Å². The number of benzene rings is 2. The molecule has 0 fully saturated rings. The summed E-state index contributed by atoms with van der Waals surface area (Å²) in [5, 5.41) is 11.9. The summed E-state index contributed by atoms with van der Waals surface area (Å²) in [4.78, 5) is 23.6. The normalized spacial score (nSPS) is 12.0. The quantitative estimate of drug-likeness (QED) is 0.837. The molecule has 0 aromatic heterocycles. The largest absolute Gasteiger partial charge is 0.478 e. The van der Waals surface area contributed by atoms with Crippen LogP contribution in [-0.2, 0) is 11.2 Å². The van der Waals surface area contributed by atoms with Gasteiger partial charge in [0.2, 0.25) is 5.91 Å². The first-order valence-electron chi connectivity index (χ1n) is 7.85. The maximum atomic E-state index is 14.0. The highest BCUT2D eigenvalue weighted by Gasteiger charge is 2.22. The van der Waals surface area contributed by atoms with Gasteiger partial charge in [0.1, 0.15) is 11.6 Å². The highest BCUT2D eigenvalue weighted by atomic mass is 19.1. The molecular formula is C19H19F2NO3. The van der Waals surface area contributed by atoms with Crippen molar-refractivity contribution in [3.8, 4) is 0 Å². The molecule has 2 N–H and O–H groups in total. The molecule has 0 bridgehead atoms. The average Bonchev–Trinajstić information content (AvgIpc) is 2.53. The lowest BCUT2D eigenvalue weighted by atomic mass is 9.95. The van der Waals surface area contributed by atoms with E-state index < -0.39 is 29.6 Å². The maximum absolute atomic E-state index is 14.0. The van der Waals surface area contributed by atoms with E-state index >= 15 is 0 Å². The predicted octanol–water partition coefficient (Wildman–Crippen LogP) is 3.72. The van der Waals surface area contributed by atoms with E-state index in [0.717, 1.165) is 12.1 Å². The first-order chi connectivity index (χ1) is 11.8. The lowest BCUT2D eigenvalue weighted by Crippen LogP contribution is -2.33. The number of hydrogen-bond acceptors (Lipinski definition) is 2. The Morgan fingerprint density at radius 2 is 1.80 bits per heavy atom. The Morgan fingerprint density at radius 1 is 1.12 bits per heavy atom. The van der Waals surface area contributed by atoms with Crippen molar-refractivity contribution in [2.24, 2.45) is 5.92 Å². The Bertz CT molecular complexity index is 790. The molecular weight excluding hydrogens is 328 g/mol. The molecule has 1 unspecified atom stereocenters. The Morgan fingerprint density at radius 3 is 2.40 bits per heavy atom. The van der Waals surface area contributed by atoms with E-state index in [9.17, 15) is 23.5 Å². The molecule has 2 aromatic rings. The molecule has 0 heterocycles. The molecule has 2 aromatic carbocycles. The van der Waals surface area contributed by atoms with Crippen molar-refractivity contribution >= 4 is 11.9 Å². The van der Waals surface area contributed by atoms with Crippen molar-refractivity contribution in [1.82, 2.24) is 5.32 Å². The highest BCUT2D eigenvalue weighted by molar-refractivity contribution is 5.91. The van der Waals surface area contributed by atoms with Gasteiger partial charge in [-0.1, -0.05) is 38.1 Å². The summed E-state index contributed by atoms with van der Waals surface area (Å²) in [6.07, 6.45) is -0.144. The topological polar surface area (TPSA) is 66.4 Å². The summed E-state index contributed by atoms with van der Waals surface area (Å²) < 4.78 is 27.1. The van der Waals surface area contributed by atoms with Gasteiger partial charge in [0, 0.05) is 11.6 Å². The molecule has 0 saturated heterocycles. The van der Waals surface area contributed by atoms with Gasteiger partial charge < -0.3 is 10.4 Å². The monoisotopic (exact) mass is 347 g/mol. The van der Waals surface area contributed by atoms with E-state index in [1.807, 2.05) is 0 Å². The SMILES string of the molecule is CC(C)C(NC(=O)Cc1ccccc1C(=O)O)c1ccc(F)cc1F. The molecule has 0 radical (unpaired) electrons. The van der Waals surface area contributed by atoms with E-state index in [4.69, 9.17) is 0 Å². The van der Waals surface area contributed by atoms with Gasteiger partial charge in [-0.3, -0.25) is 4.79 Å². The van der Waals surface area contributed by atoms with Crippen molar-refractivity contribution in [2.75, 3.05) is 0 Å². The van der Waals surface area contributed by atoms with Crippen molar-refractivity contribution < 1.29 is 23.5 Å². The summed E-state index contributed by atoms with van der Waals surface area (Å²) >= 11 is 0.